The third-order valence-electron chi connectivity index (χ3n) is 5.29. The summed E-state index contributed by atoms with van der Waals surface area (Å²) in [5.41, 5.74) is 1.96. The fourth-order valence-electron chi connectivity index (χ4n) is 4.04. The summed E-state index contributed by atoms with van der Waals surface area (Å²) >= 11 is 0. The normalized spacial score (nSPS) is 28.2. The summed E-state index contributed by atoms with van der Waals surface area (Å²) < 4.78 is 0. The Bertz CT molecular complexity index is 711. The first kappa shape index (κ1) is 17.4. The van der Waals surface area contributed by atoms with Gasteiger partial charge in [0.25, 0.3) is 0 Å². The summed E-state index contributed by atoms with van der Waals surface area (Å²) in [6.07, 6.45) is 3.90. The predicted molar refractivity (Wildman–Crippen MR) is 94.4 cm³/mol. The fraction of sp³-hybridized carbons (Fsp3) is 0.450. The highest BCUT2D eigenvalue weighted by molar-refractivity contribution is 6.06. The average molecular weight is 340 g/mol. The first-order valence-corrected chi connectivity index (χ1v) is 8.93. The van der Waals surface area contributed by atoms with Crippen LogP contribution in [0.1, 0.15) is 32.3 Å². The zero-order chi connectivity index (χ0) is 18.0. The predicted octanol–water partition coefficient (Wildman–Crippen LogP) is 1.98. The van der Waals surface area contributed by atoms with Crippen molar-refractivity contribution >= 4 is 17.7 Å². The molecule has 0 spiro atoms. The molecule has 2 aliphatic rings. The summed E-state index contributed by atoms with van der Waals surface area (Å²) in [6, 6.07) is 9.10. The van der Waals surface area contributed by atoms with Crippen LogP contribution in [0, 0.1) is 17.8 Å². The van der Waals surface area contributed by atoms with Crippen LogP contribution in [0.5, 0.6) is 0 Å². The first-order valence-electron chi connectivity index (χ1n) is 8.93. The molecule has 1 aromatic rings. The Balaban J connectivity index is 1.83. The lowest BCUT2D eigenvalue weighted by atomic mass is 9.70. The number of nitrogens with one attached hydrogen (secondary N) is 2. The topological polar surface area (TPSA) is 75.3 Å². The van der Waals surface area contributed by atoms with Crippen LogP contribution >= 0.6 is 0 Å². The van der Waals surface area contributed by atoms with Crippen LogP contribution in [0.4, 0.5) is 0 Å². The van der Waals surface area contributed by atoms with Crippen molar-refractivity contribution in [2.75, 3.05) is 0 Å². The van der Waals surface area contributed by atoms with E-state index in [9.17, 15) is 14.4 Å². The van der Waals surface area contributed by atoms with Crippen LogP contribution in [0.2, 0.25) is 0 Å². The molecule has 1 fully saturated rings. The number of carbonyl (C=O) groups excluding carboxylic acids is 3. The molecule has 25 heavy (non-hydrogen) atoms. The van der Waals surface area contributed by atoms with Crippen molar-refractivity contribution in [1.29, 1.82) is 0 Å². The first-order chi connectivity index (χ1) is 12.0. The van der Waals surface area contributed by atoms with Crippen LogP contribution in [0.25, 0.3) is 0 Å². The molecule has 3 amide bonds. The van der Waals surface area contributed by atoms with Crippen molar-refractivity contribution in [3.8, 4) is 0 Å². The number of amides is 3. The maximum atomic E-state index is 12.5. The molecule has 5 nitrogen and oxygen atoms in total. The Labute approximate surface area is 147 Å². The van der Waals surface area contributed by atoms with Crippen LogP contribution < -0.4 is 10.6 Å². The molecule has 0 radical (unpaired) electrons. The smallest absolute Gasteiger partial charge is 0.232 e. The summed E-state index contributed by atoms with van der Waals surface area (Å²) in [7, 11) is 0. The molecule has 1 heterocycles. The van der Waals surface area contributed by atoms with Gasteiger partial charge in [-0.3, -0.25) is 19.7 Å². The van der Waals surface area contributed by atoms with Crippen molar-refractivity contribution in [3.63, 3.8) is 0 Å². The van der Waals surface area contributed by atoms with Gasteiger partial charge in [-0.15, -0.1) is 0 Å². The number of rotatable bonds is 5. The van der Waals surface area contributed by atoms with E-state index in [0.717, 1.165) is 24.0 Å². The molecule has 2 N–H and O–H groups in total. The lowest BCUT2D eigenvalue weighted by Gasteiger charge is -2.36. The minimum atomic E-state index is -0.503. The van der Waals surface area contributed by atoms with Gasteiger partial charge in [-0.05, 0) is 24.3 Å². The van der Waals surface area contributed by atoms with E-state index in [4.69, 9.17) is 0 Å². The average Bonchev–Trinajstić information content (AvgIpc) is 2.91. The third-order valence-corrected chi connectivity index (χ3v) is 5.29. The third kappa shape index (κ3) is 3.36. The van der Waals surface area contributed by atoms with E-state index in [1.54, 1.807) is 0 Å². The van der Waals surface area contributed by atoms with Gasteiger partial charge in [-0.1, -0.05) is 55.8 Å². The van der Waals surface area contributed by atoms with Gasteiger partial charge in [0.1, 0.15) is 0 Å². The monoisotopic (exact) mass is 340 g/mol. The van der Waals surface area contributed by atoms with Gasteiger partial charge in [0.15, 0.2) is 0 Å². The number of allylic oxidation sites excluding steroid dienone is 1. The largest absolute Gasteiger partial charge is 0.349 e. The van der Waals surface area contributed by atoms with E-state index in [1.807, 2.05) is 44.2 Å². The molecule has 132 valence electrons. The Morgan fingerprint density at radius 2 is 1.76 bits per heavy atom. The van der Waals surface area contributed by atoms with E-state index in [2.05, 4.69) is 16.7 Å². The zero-order valence-corrected chi connectivity index (χ0v) is 14.6. The second kappa shape index (κ2) is 7.21. The number of carbonyl (C=O) groups is 3. The molecule has 1 saturated heterocycles. The second-order valence-corrected chi connectivity index (χ2v) is 6.78. The standard InChI is InChI=1S/C20H24N2O3/c1-3-13-11-14(4-2)18(17-16(13)19(24)22-20(17)25)21-15(23)10-12-8-6-5-7-9-12/h5-9,11,13,16-18H,3-4,10H2,1-2H3,(H,21,23)(H,22,24,25)/t13?,16-,17-,18+/m1/s1. The molecule has 0 saturated carbocycles. The van der Waals surface area contributed by atoms with Gasteiger partial charge in [-0.25, -0.2) is 0 Å². The van der Waals surface area contributed by atoms with Gasteiger partial charge >= 0.3 is 0 Å². The molecular formula is C20H24N2O3. The molecule has 1 aromatic carbocycles. The minimum Gasteiger partial charge on any atom is -0.349 e. The highest BCUT2D eigenvalue weighted by Gasteiger charge is 2.52. The Hall–Kier alpha value is -2.43. The number of fused-ring (bicyclic) bond motifs is 1. The van der Waals surface area contributed by atoms with Crippen LogP contribution in [-0.2, 0) is 20.8 Å². The minimum absolute atomic E-state index is 0.0497. The fourth-order valence-corrected chi connectivity index (χ4v) is 4.04. The molecule has 1 aliphatic carbocycles. The molecular weight excluding hydrogens is 316 g/mol. The number of hydrogen-bond donors (Lipinski definition) is 2. The van der Waals surface area contributed by atoms with Gasteiger partial charge in [-0.2, -0.15) is 0 Å². The van der Waals surface area contributed by atoms with E-state index >= 15 is 0 Å². The van der Waals surface area contributed by atoms with Gasteiger partial charge in [0.2, 0.25) is 17.7 Å². The highest BCUT2D eigenvalue weighted by atomic mass is 16.2. The van der Waals surface area contributed by atoms with Crippen molar-refractivity contribution in [3.05, 3.63) is 47.5 Å². The molecule has 4 atom stereocenters. The summed E-state index contributed by atoms with van der Waals surface area (Å²) in [4.78, 5) is 37.1. The van der Waals surface area contributed by atoms with Crippen molar-refractivity contribution in [2.24, 2.45) is 17.8 Å². The highest BCUT2D eigenvalue weighted by Crippen LogP contribution is 2.40. The van der Waals surface area contributed by atoms with Crippen molar-refractivity contribution in [2.45, 2.75) is 39.2 Å². The van der Waals surface area contributed by atoms with Crippen molar-refractivity contribution in [1.82, 2.24) is 10.6 Å². The molecule has 1 aliphatic heterocycles. The SMILES string of the molecule is CCC1=CC(CC)[C@H]2C(=O)NC(=O)[C@H]2[C@H]1NC(=O)Cc1ccccc1. The maximum Gasteiger partial charge on any atom is 0.232 e. The van der Waals surface area contributed by atoms with Gasteiger partial charge in [0.05, 0.1) is 24.3 Å². The van der Waals surface area contributed by atoms with E-state index in [-0.39, 0.29) is 36.0 Å². The Kier molecular flexibility index (Phi) is 5.02. The zero-order valence-electron chi connectivity index (χ0n) is 14.6. The summed E-state index contributed by atoms with van der Waals surface area (Å²) in [5, 5.41) is 5.47. The molecule has 5 heteroatoms. The quantitative estimate of drug-likeness (QED) is 0.636. The molecule has 3 rings (SSSR count). The van der Waals surface area contributed by atoms with E-state index in [1.165, 1.54) is 0 Å². The Morgan fingerprint density at radius 1 is 1.08 bits per heavy atom. The second-order valence-electron chi connectivity index (χ2n) is 6.78. The van der Waals surface area contributed by atoms with Crippen molar-refractivity contribution < 1.29 is 14.4 Å². The van der Waals surface area contributed by atoms with Crippen LogP contribution in [0.15, 0.2) is 42.0 Å². The molecule has 1 unspecified atom stereocenters. The van der Waals surface area contributed by atoms with E-state index < -0.39 is 12.0 Å². The molecule has 0 aromatic heterocycles. The number of hydrogen-bond acceptors (Lipinski definition) is 3. The summed E-state index contributed by atoms with van der Waals surface area (Å²) in [6.45, 7) is 4.04. The van der Waals surface area contributed by atoms with E-state index in [0.29, 0.717) is 0 Å². The number of benzene rings is 1. The lowest BCUT2D eigenvalue weighted by molar-refractivity contribution is -0.126. The Morgan fingerprint density at radius 3 is 2.40 bits per heavy atom. The summed E-state index contributed by atoms with van der Waals surface area (Å²) in [5.74, 6) is -1.44. The number of imide groups is 1. The van der Waals surface area contributed by atoms with Gasteiger partial charge < -0.3 is 5.32 Å². The molecule has 0 bridgehead atoms. The lowest BCUT2D eigenvalue weighted by Crippen LogP contribution is -2.50. The van der Waals surface area contributed by atoms with Crippen LogP contribution in [0.3, 0.4) is 0 Å². The van der Waals surface area contributed by atoms with Crippen LogP contribution in [-0.4, -0.2) is 23.8 Å². The maximum absolute atomic E-state index is 12.5. The van der Waals surface area contributed by atoms with Gasteiger partial charge in [0, 0.05) is 0 Å².